The second-order valence-electron chi connectivity index (χ2n) is 6.51. The zero-order valence-corrected chi connectivity index (χ0v) is 11.2. The van der Waals surface area contributed by atoms with Crippen molar-refractivity contribution in [3.05, 3.63) is 0 Å². The van der Waals surface area contributed by atoms with Gasteiger partial charge >= 0.3 is 0 Å². The Balaban J connectivity index is 2.33. The van der Waals surface area contributed by atoms with E-state index >= 15 is 0 Å². The van der Waals surface area contributed by atoms with Crippen LogP contribution < -0.4 is 5.32 Å². The van der Waals surface area contributed by atoms with E-state index in [0.29, 0.717) is 11.0 Å². The smallest absolute Gasteiger partial charge is 0.0178 e. The van der Waals surface area contributed by atoms with Crippen LogP contribution in [0.25, 0.3) is 0 Å². The monoisotopic (exact) mass is 211 g/mol. The van der Waals surface area contributed by atoms with E-state index in [1.165, 1.54) is 51.4 Å². The molecule has 0 heterocycles. The third-order valence-corrected chi connectivity index (χ3v) is 3.92. The molecule has 0 amide bonds. The van der Waals surface area contributed by atoms with Gasteiger partial charge in [0.2, 0.25) is 0 Å². The van der Waals surface area contributed by atoms with Crippen LogP contribution in [0, 0.1) is 5.41 Å². The van der Waals surface area contributed by atoms with E-state index in [9.17, 15) is 0 Å². The second kappa shape index (κ2) is 5.34. The van der Waals surface area contributed by atoms with Gasteiger partial charge in [-0.15, -0.1) is 0 Å². The molecule has 1 saturated carbocycles. The Morgan fingerprint density at radius 1 is 1.07 bits per heavy atom. The second-order valence-corrected chi connectivity index (χ2v) is 6.51. The average molecular weight is 211 g/mol. The molecule has 0 atom stereocenters. The SMILES string of the molecule is CNC1(CCCC(C)(C)C)CCCCC1. The van der Waals surface area contributed by atoms with Crippen molar-refractivity contribution in [3.8, 4) is 0 Å². The molecule has 0 aliphatic heterocycles. The fourth-order valence-corrected chi connectivity index (χ4v) is 2.81. The van der Waals surface area contributed by atoms with Gasteiger partial charge in [-0.05, 0) is 38.1 Å². The summed E-state index contributed by atoms with van der Waals surface area (Å²) < 4.78 is 0. The molecule has 15 heavy (non-hydrogen) atoms. The number of nitrogens with one attached hydrogen (secondary N) is 1. The standard InChI is InChI=1S/C14H29N/c1-13(2,3)9-8-12-14(15-4)10-6-5-7-11-14/h15H,5-12H2,1-4H3. The van der Waals surface area contributed by atoms with Crippen LogP contribution in [0.2, 0.25) is 0 Å². The molecule has 1 aliphatic rings. The minimum atomic E-state index is 0.490. The van der Waals surface area contributed by atoms with Crippen LogP contribution in [0.5, 0.6) is 0 Å². The van der Waals surface area contributed by atoms with Crippen molar-refractivity contribution in [2.75, 3.05) is 7.05 Å². The summed E-state index contributed by atoms with van der Waals surface area (Å²) in [6, 6.07) is 0. The Kier molecular flexibility index (Phi) is 4.64. The van der Waals surface area contributed by atoms with E-state index in [1.54, 1.807) is 0 Å². The fourth-order valence-electron chi connectivity index (χ4n) is 2.81. The van der Waals surface area contributed by atoms with Crippen LogP contribution in [0.15, 0.2) is 0 Å². The summed E-state index contributed by atoms with van der Waals surface area (Å²) in [4.78, 5) is 0. The normalized spacial score (nSPS) is 21.6. The third-order valence-electron chi connectivity index (χ3n) is 3.92. The number of hydrogen-bond donors (Lipinski definition) is 1. The largest absolute Gasteiger partial charge is 0.314 e. The predicted molar refractivity (Wildman–Crippen MR) is 68.2 cm³/mol. The lowest BCUT2D eigenvalue weighted by Crippen LogP contribution is -2.44. The first-order valence-electron chi connectivity index (χ1n) is 6.66. The first-order valence-corrected chi connectivity index (χ1v) is 6.66. The van der Waals surface area contributed by atoms with Gasteiger partial charge in [0.15, 0.2) is 0 Å². The lowest BCUT2D eigenvalue weighted by Gasteiger charge is -2.38. The van der Waals surface area contributed by atoms with Crippen LogP contribution >= 0.6 is 0 Å². The van der Waals surface area contributed by atoms with Gasteiger partial charge in [-0.2, -0.15) is 0 Å². The molecule has 0 spiro atoms. The van der Waals surface area contributed by atoms with Gasteiger partial charge in [0.25, 0.3) is 0 Å². The van der Waals surface area contributed by atoms with Crippen LogP contribution in [-0.2, 0) is 0 Å². The maximum Gasteiger partial charge on any atom is 0.0178 e. The molecule has 0 aromatic rings. The van der Waals surface area contributed by atoms with E-state index in [1.807, 2.05) is 0 Å². The van der Waals surface area contributed by atoms with Gasteiger partial charge in [-0.3, -0.25) is 0 Å². The molecule has 1 nitrogen and oxygen atoms in total. The molecule has 0 saturated heterocycles. The molecule has 0 aromatic heterocycles. The van der Waals surface area contributed by atoms with E-state index in [4.69, 9.17) is 0 Å². The van der Waals surface area contributed by atoms with Gasteiger partial charge < -0.3 is 5.32 Å². The van der Waals surface area contributed by atoms with E-state index in [0.717, 1.165) is 0 Å². The zero-order chi connectivity index (χ0) is 11.4. The van der Waals surface area contributed by atoms with Crippen molar-refractivity contribution in [2.45, 2.75) is 77.7 Å². The lowest BCUT2D eigenvalue weighted by atomic mass is 9.77. The maximum atomic E-state index is 3.60. The maximum absolute atomic E-state index is 3.60. The van der Waals surface area contributed by atoms with Crippen LogP contribution in [0.4, 0.5) is 0 Å². The molecule has 0 unspecified atom stereocenters. The van der Waals surface area contributed by atoms with Crippen LogP contribution in [-0.4, -0.2) is 12.6 Å². The topological polar surface area (TPSA) is 12.0 Å². The molecule has 1 heteroatoms. The third kappa shape index (κ3) is 4.55. The van der Waals surface area contributed by atoms with Crippen molar-refractivity contribution < 1.29 is 0 Å². The molecular formula is C14H29N. The van der Waals surface area contributed by atoms with Gasteiger partial charge in [0.1, 0.15) is 0 Å². The van der Waals surface area contributed by atoms with Crippen LogP contribution in [0.3, 0.4) is 0 Å². The van der Waals surface area contributed by atoms with Gasteiger partial charge in [-0.25, -0.2) is 0 Å². The summed E-state index contributed by atoms with van der Waals surface area (Å²) in [6.45, 7) is 7.04. The molecule has 0 radical (unpaired) electrons. The first kappa shape index (κ1) is 13.0. The minimum Gasteiger partial charge on any atom is -0.314 e. The highest BCUT2D eigenvalue weighted by molar-refractivity contribution is 4.89. The van der Waals surface area contributed by atoms with Gasteiger partial charge in [0.05, 0.1) is 0 Å². The van der Waals surface area contributed by atoms with Crippen molar-refractivity contribution in [3.63, 3.8) is 0 Å². The van der Waals surface area contributed by atoms with Gasteiger partial charge in [0, 0.05) is 5.54 Å². The Hall–Kier alpha value is -0.0400. The van der Waals surface area contributed by atoms with Crippen molar-refractivity contribution >= 4 is 0 Å². The van der Waals surface area contributed by atoms with Crippen molar-refractivity contribution in [2.24, 2.45) is 5.41 Å². The highest BCUT2D eigenvalue weighted by atomic mass is 14.9. The number of rotatable bonds is 4. The van der Waals surface area contributed by atoms with E-state index in [-0.39, 0.29) is 0 Å². The minimum absolute atomic E-state index is 0.490. The van der Waals surface area contributed by atoms with Crippen molar-refractivity contribution in [1.29, 1.82) is 0 Å². The summed E-state index contributed by atoms with van der Waals surface area (Å²) in [5.74, 6) is 0. The lowest BCUT2D eigenvalue weighted by molar-refractivity contribution is 0.212. The summed E-state index contributed by atoms with van der Waals surface area (Å²) >= 11 is 0. The zero-order valence-electron chi connectivity index (χ0n) is 11.2. The summed E-state index contributed by atoms with van der Waals surface area (Å²) in [6.07, 6.45) is 11.2. The molecule has 1 N–H and O–H groups in total. The first-order chi connectivity index (χ1) is 6.97. The molecule has 1 fully saturated rings. The molecule has 0 aromatic carbocycles. The Morgan fingerprint density at radius 3 is 2.13 bits per heavy atom. The van der Waals surface area contributed by atoms with E-state index < -0.39 is 0 Å². The van der Waals surface area contributed by atoms with Gasteiger partial charge in [-0.1, -0.05) is 46.5 Å². The highest BCUT2D eigenvalue weighted by Crippen LogP contribution is 2.33. The Labute approximate surface area is 96.0 Å². The molecule has 1 rings (SSSR count). The Bertz CT molecular complexity index is 172. The van der Waals surface area contributed by atoms with E-state index in [2.05, 4.69) is 33.1 Å². The quantitative estimate of drug-likeness (QED) is 0.737. The van der Waals surface area contributed by atoms with Crippen LogP contribution in [0.1, 0.15) is 72.1 Å². The summed E-state index contributed by atoms with van der Waals surface area (Å²) in [5, 5.41) is 3.60. The molecule has 90 valence electrons. The predicted octanol–water partition coefficient (Wildman–Crippen LogP) is 4.13. The molecule has 1 aliphatic carbocycles. The molecular weight excluding hydrogens is 182 g/mol. The molecule has 0 bridgehead atoms. The summed E-state index contributed by atoms with van der Waals surface area (Å²) in [7, 11) is 2.16. The summed E-state index contributed by atoms with van der Waals surface area (Å²) in [5.41, 5.74) is 0.993. The van der Waals surface area contributed by atoms with Crippen molar-refractivity contribution in [1.82, 2.24) is 5.32 Å². The highest BCUT2D eigenvalue weighted by Gasteiger charge is 2.29. The Morgan fingerprint density at radius 2 is 1.67 bits per heavy atom. The number of hydrogen-bond acceptors (Lipinski definition) is 1. The average Bonchev–Trinajstić information content (AvgIpc) is 2.17. The fraction of sp³-hybridized carbons (Fsp3) is 1.00.